The SMILES string of the molecule is OC1(c2cc(-c3ccccc3)nc(-c3ccccc3)c2)CCCCC1. The Kier molecular flexibility index (Phi) is 4.37. The van der Waals surface area contributed by atoms with Gasteiger partial charge in [-0.3, -0.25) is 0 Å². The van der Waals surface area contributed by atoms with E-state index < -0.39 is 5.60 Å². The maximum absolute atomic E-state index is 11.3. The predicted octanol–water partition coefficient (Wildman–Crippen LogP) is 5.57. The maximum atomic E-state index is 11.3. The molecule has 1 N–H and O–H groups in total. The van der Waals surface area contributed by atoms with Gasteiger partial charge in [-0.15, -0.1) is 0 Å². The van der Waals surface area contributed by atoms with Crippen LogP contribution in [0.3, 0.4) is 0 Å². The molecule has 4 rings (SSSR count). The van der Waals surface area contributed by atoms with Gasteiger partial charge in [-0.05, 0) is 30.5 Å². The highest BCUT2D eigenvalue weighted by Crippen LogP contribution is 2.39. The summed E-state index contributed by atoms with van der Waals surface area (Å²) >= 11 is 0. The zero-order valence-corrected chi connectivity index (χ0v) is 14.4. The lowest BCUT2D eigenvalue weighted by atomic mass is 9.79. The van der Waals surface area contributed by atoms with Crippen LogP contribution in [0.2, 0.25) is 0 Å². The molecule has 1 aromatic heterocycles. The van der Waals surface area contributed by atoms with E-state index in [9.17, 15) is 5.11 Å². The summed E-state index contributed by atoms with van der Waals surface area (Å²) in [5.74, 6) is 0. The normalized spacial score (nSPS) is 16.5. The summed E-state index contributed by atoms with van der Waals surface area (Å²) < 4.78 is 0. The molecule has 3 aromatic rings. The number of benzene rings is 2. The first kappa shape index (κ1) is 16.0. The lowest BCUT2D eigenvalue weighted by Crippen LogP contribution is -2.28. The van der Waals surface area contributed by atoms with E-state index in [1.54, 1.807) is 0 Å². The number of rotatable bonds is 3. The molecule has 2 heteroatoms. The van der Waals surface area contributed by atoms with Crippen LogP contribution in [0.1, 0.15) is 37.7 Å². The van der Waals surface area contributed by atoms with Gasteiger partial charge in [0.1, 0.15) is 0 Å². The number of nitrogens with zero attached hydrogens (tertiary/aromatic N) is 1. The molecule has 25 heavy (non-hydrogen) atoms. The molecule has 0 saturated heterocycles. The van der Waals surface area contributed by atoms with Crippen LogP contribution in [0, 0.1) is 0 Å². The van der Waals surface area contributed by atoms with Gasteiger partial charge in [0.2, 0.25) is 0 Å². The molecule has 0 radical (unpaired) electrons. The second-order valence-corrected chi connectivity index (χ2v) is 6.95. The summed E-state index contributed by atoms with van der Waals surface area (Å²) in [5.41, 5.74) is 4.29. The average molecular weight is 329 g/mol. The largest absolute Gasteiger partial charge is 0.385 e. The monoisotopic (exact) mass is 329 g/mol. The molecule has 1 fully saturated rings. The Morgan fingerprint density at radius 3 is 1.64 bits per heavy atom. The van der Waals surface area contributed by atoms with Gasteiger partial charge in [-0.1, -0.05) is 79.9 Å². The minimum Gasteiger partial charge on any atom is -0.385 e. The van der Waals surface area contributed by atoms with Crippen molar-refractivity contribution in [3.8, 4) is 22.5 Å². The van der Waals surface area contributed by atoms with Crippen molar-refractivity contribution in [2.45, 2.75) is 37.7 Å². The first-order valence-corrected chi connectivity index (χ1v) is 9.10. The van der Waals surface area contributed by atoms with Crippen LogP contribution in [0.25, 0.3) is 22.5 Å². The van der Waals surface area contributed by atoms with E-state index in [4.69, 9.17) is 4.98 Å². The van der Waals surface area contributed by atoms with Gasteiger partial charge in [-0.25, -0.2) is 4.98 Å². The fourth-order valence-electron chi connectivity index (χ4n) is 3.74. The van der Waals surface area contributed by atoms with E-state index >= 15 is 0 Å². The average Bonchev–Trinajstić information content (AvgIpc) is 2.70. The van der Waals surface area contributed by atoms with E-state index in [2.05, 4.69) is 36.4 Å². The van der Waals surface area contributed by atoms with Gasteiger partial charge < -0.3 is 5.11 Å². The van der Waals surface area contributed by atoms with Crippen LogP contribution in [-0.4, -0.2) is 10.1 Å². The van der Waals surface area contributed by atoms with Crippen molar-refractivity contribution in [2.75, 3.05) is 0 Å². The third-order valence-corrected chi connectivity index (χ3v) is 5.18. The molecule has 2 nitrogen and oxygen atoms in total. The topological polar surface area (TPSA) is 33.1 Å². The predicted molar refractivity (Wildman–Crippen MR) is 102 cm³/mol. The number of hydrogen-bond acceptors (Lipinski definition) is 2. The van der Waals surface area contributed by atoms with Crippen molar-refractivity contribution in [3.05, 3.63) is 78.4 Å². The molecule has 126 valence electrons. The standard InChI is InChI=1S/C23H23NO/c25-23(14-8-3-9-15-23)20-16-21(18-10-4-1-5-11-18)24-22(17-20)19-12-6-2-7-13-19/h1-2,4-7,10-13,16-17,25H,3,8-9,14-15H2. The molecule has 0 unspecified atom stereocenters. The van der Waals surface area contributed by atoms with Crippen LogP contribution in [0.5, 0.6) is 0 Å². The highest BCUT2D eigenvalue weighted by atomic mass is 16.3. The molecule has 0 atom stereocenters. The smallest absolute Gasteiger partial charge is 0.0898 e. The third kappa shape index (κ3) is 3.35. The van der Waals surface area contributed by atoms with Crippen LogP contribution < -0.4 is 0 Å². The Morgan fingerprint density at radius 1 is 0.680 bits per heavy atom. The Balaban J connectivity index is 1.86. The third-order valence-electron chi connectivity index (χ3n) is 5.18. The second kappa shape index (κ2) is 6.81. The molecule has 0 spiro atoms. The summed E-state index contributed by atoms with van der Waals surface area (Å²) in [5, 5.41) is 11.3. The highest BCUT2D eigenvalue weighted by Gasteiger charge is 2.32. The molecular formula is C23H23NO. The Bertz CT molecular complexity index is 779. The maximum Gasteiger partial charge on any atom is 0.0898 e. The Morgan fingerprint density at radius 2 is 1.16 bits per heavy atom. The zero-order chi connectivity index (χ0) is 17.1. The van der Waals surface area contributed by atoms with Crippen molar-refractivity contribution < 1.29 is 5.11 Å². The van der Waals surface area contributed by atoms with E-state index in [1.807, 2.05) is 36.4 Å². The Hall–Kier alpha value is -2.45. The lowest BCUT2D eigenvalue weighted by molar-refractivity contribution is -0.000613. The van der Waals surface area contributed by atoms with E-state index in [0.717, 1.165) is 53.8 Å². The number of pyridine rings is 1. The number of hydrogen-bond donors (Lipinski definition) is 1. The van der Waals surface area contributed by atoms with Gasteiger partial charge in [0.05, 0.1) is 17.0 Å². The van der Waals surface area contributed by atoms with Crippen molar-refractivity contribution >= 4 is 0 Å². The summed E-state index contributed by atoms with van der Waals surface area (Å²) in [6.45, 7) is 0. The van der Waals surface area contributed by atoms with Gasteiger partial charge in [0.15, 0.2) is 0 Å². The summed E-state index contributed by atoms with van der Waals surface area (Å²) in [4.78, 5) is 4.89. The minimum atomic E-state index is -0.728. The zero-order valence-electron chi connectivity index (χ0n) is 14.4. The van der Waals surface area contributed by atoms with Crippen molar-refractivity contribution in [2.24, 2.45) is 0 Å². The number of aromatic nitrogens is 1. The molecule has 1 aliphatic carbocycles. The summed E-state index contributed by atoms with van der Waals surface area (Å²) in [6, 6.07) is 24.6. The first-order valence-electron chi connectivity index (χ1n) is 9.10. The molecule has 0 aliphatic heterocycles. The van der Waals surface area contributed by atoms with E-state index in [0.29, 0.717) is 0 Å². The molecule has 0 amide bonds. The molecule has 0 bridgehead atoms. The number of aliphatic hydroxyl groups is 1. The van der Waals surface area contributed by atoms with E-state index in [-0.39, 0.29) is 0 Å². The summed E-state index contributed by atoms with van der Waals surface area (Å²) in [7, 11) is 0. The lowest BCUT2D eigenvalue weighted by Gasteiger charge is -2.33. The van der Waals surface area contributed by atoms with E-state index in [1.165, 1.54) is 6.42 Å². The van der Waals surface area contributed by atoms with Gasteiger partial charge in [-0.2, -0.15) is 0 Å². The molecule has 1 aliphatic rings. The minimum absolute atomic E-state index is 0.728. The van der Waals surface area contributed by atoms with Gasteiger partial charge >= 0.3 is 0 Å². The molecule has 1 heterocycles. The molecule has 1 saturated carbocycles. The molecule has 2 aromatic carbocycles. The van der Waals surface area contributed by atoms with Crippen molar-refractivity contribution in [1.82, 2.24) is 4.98 Å². The van der Waals surface area contributed by atoms with Crippen LogP contribution in [0.4, 0.5) is 0 Å². The van der Waals surface area contributed by atoms with Gasteiger partial charge in [0.25, 0.3) is 0 Å². The van der Waals surface area contributed by atoms with Crippen molar-refractivity contribution in [1.29, 1.82) is 0 Å². The second-order valence-electron chi connectivity index (χ2n) is 6.95. The fraction of sp³-hybridized carbons (Fsp3) is 0.261. The fourth-order valence-corrected chi connectivity index (χ4v) is 3.74. The highest BCUT2D eigenvalue weighted by molar-refractivity contribution is 5.67. The summed E-state index contributed by atoms with van der Waals surface area (Å²) in [6.07, 6.45) is 5.05. The quantitative estimate of drug-likeness (QED) is 0.681. The van der Waals surface area contributed by atoms with Crippen LogP contribution in [0.15, 0.2) is 72.8 Å². The van der Waals surface area contributed by atoms with Gasteiger partial charge in [0, 0.05) is 11.1 Å². The van der Waals surface area contributed by atoms with Crippen LogP contribution >= 0.6 is 0 Å². The molecular weight excluding hydrogens is 306 g/mol. The first-order chi connectivity index (χ1) is 12.2. The van der Waals surface area contributed by atoms with Crippen LogP contribution in [-0.2, 0) is 5.60 Å². The Labute approximate surface area is 149 Å². The van der Waals surface area contributed by atoms with Crippen molar-refractivity contribution in [3.63, 3.8) is 0 Å².